The molecule has 3 aliphatic rings. The molecule has 4 atom stereocenters. The molecule has 5 rings (SSSR count). The molecule has 3 heterocycles. The van der Waals surface area contributed by atoms with Gasteiger partial charge in [-0.05, 0) is 68.3 Å². The Kier molecular flexibility index (Phi) is 7.94. The van der Waals surface area contributed by atoms with Crippen LogP contribution in [0.4, 0.5) is 15.5 Å². The van der Waals surface area contributed by atoms with Gasteiger partial charge in [0.25, 0.3) is 5.91 Å². The first-order chi connectivity index (χ1) is 18.6. The van der Waals surface area contributed by atoms with Gasteiger partial charge >= 0.3 is 0 Å². The Morgan fingerprint density at radius 1 is 1.10 bits per heavy atom. The molecule has 210 valence electrons. The highest BCUT2D eigenvalue weighted by Crippen LogP contribution is 2.60. The number of benzene rings is 2. The van der Waals surface area contributed by atoms with Gasteiger partial charge in [-0.15, -0.1) is 0 Å². The largest absolute Gasteiger partial charge is 0.396 e. The van der Waals surface area contributed by atoms with Crippen LogP contribution in [0.1, 0.15) is 56.6 Å². The topological polar surface area (TPSA) is 70.1 Å². The maximum atomic E-state index is 15.6. The Bertz CT molecular complexity index is 1240. The van der Waals surface area contributed by atoms with Crippen LogP contribution in [-0.4, -0.2) is 44.6 Å². The molecule has 9 heteroatoms. The van der Waals surface area contributed by atoms with Gasteiger partial charge in [-0.25, -0.2) is 0 Å². The Balaban J connectivity index is 1.46. The molecule has 3 aliphatic heterocycles. The molecule has 1 N–H and O–H groups in total. The van der Waals surface area contributed by atoms with Crippen LogP contribution in [0, 0.1) is 5.92 Å². The van der Waals surface area contributed by atoms with E-state index in [9.17, 15) is 14.7 Å². The third-order valence-corrected chi connectivity index (χ3v) is 11.4. The number of ether oxygens (including phenoxy) is 1. The van der Waals surface area contributed by atoms with Gasteiger partial charge < -0.3 is 23.8 Å². The van der Waals surface area contributed by atoms with E-state index < -0.39 is 31.6 Å². The molecule has 1 spiro atoms. The van der Waals surface area contributed by atoms with Gasteiger partial charge in [0.05, 0.1) is 18.3 Å². The first kappa shape index (κ1) is 28.3. The lowest BCUT2D eigenvalue weighted by Crippen LogP contribution is -2.45. The van der Waals surface area contributed by atoms with Crippen molar-refractivity contribution in [1.29, 1.82) is 0 Å². The van der Waals surface area contributed by atoms with Crippen molar-refractivity contribution in [2.24, 2.45) is 5.92 Å². The summed E-state index contributed by atoms with van der Waals surface area (Å²) >= 11 is 6.41. The van der Waals surface area contributed by atoms with E-state index in [2.05, 4.69) is 0 Å². The molecular weight excluding hydrogens is 535 g/mol. The van der Waals surface area contributed by atoms with Crippen LogP contribution in [-0.2, 0) is 26.5 Å². The fourth-order valence-corrected chi connectivity index (χ4v) is 9.68. The van der Waals surface area contributed by atoms with Crippen LogP contribution in [0.3, 0.4) is 0 Å². The summed E-state index contributed by atoms with van der Waals surface area (Å²) in [5.41, 5.74) is 1.37. The van der Waals surface area contributed by atoms with Gasteiger partial charge in [-0.3, -0.25) is 9.59 Å². The van der Waals surface area contributed by atoms with E-state index in [1.54, 1.807) is 30.1 Å². The lowest BCUT2D eigenvalue weighted by molar-refractivity contribution is -0.146. The average molecular weight is 573 g/mol. The summed E-state index contributed by atoms with van der Waals surface area (Å²) in [6.07, 6.45) is 4.45. The van der Waals surface area contributed by atoms with E-state index in [1.807, 2.05) is 42.2 Å². The molecule has 2 amide bonds. The number of anilines is 2. The highest BCUT2D eigenvalue weighted by atomic mass is 35.5. The quantitative estimate of drug-likeness (QED) is 0.324. The normalized spacial score (nSPS) is 27.7. The van der Waals surface area contributed by atoms with E-state index in [0.717, 1.165) is 43.5 Å². The number of carbonyl (C=O) groups is 2. The van der Waals surface area contributed by atoms with E-state index >= 15 is 4.11 Å². The number of fused-ring (bicyclic) bond motifs is 2. The van der Waals surface area contributed by atoms with Crippen molar-refractivity contribution in [3.63, 3.8) is 0 Å². The van der Waals surface area contributed by atoms with Crippen molar-refractivity contribution in [2.75, 3.05) is 23.0 Å². The summed E-state index contributed by atoms with van der Waals surface area (Å²) in [5.74, 6) is -0.487. The van der Waals surface area contributed by atoms with Crippen molar-refractivity contribution in [1.82, 2.24) is 0 Å². The number of nitrogens with zero attached hydrogens (tertiary/aromatic N) is 2. The summed E-state index contributed by atoms with van der Waals surface area (Å²) in [7, 11) is -3.25. The number of halogens is 2. The van der Waals surface area contributed by atoms with E-state index in [1.165, 1.54) is 0 Å². The summed E-state index contributed by atoms with van der Waals surface area (Å²) in [4.78, 5) is 30.6. The molecule has 39 heavy (non-hydrogen) atoms. The van der Waals surface area contributed by atoms with Crippen molar-refractivity contribution < 1.29 is 23.5 Å². The highest BCUT2D eigenvalue weighted by Gasteiger charge is 2.66. The zero-order chi connectivity index (χ0) is 27.9. The number of aliphatic hydroxyl groups excluding tert-OH is 1. The predicted molar refractivity (Wildman–Crippen MR) is 154 cm³/mol. The molecule has 2 aromatic carbocycles. The smallest absolute Gasteiger partial charge is 0.264 e. The summed E-state index contributed by atoms with van der Waals surface area (Å²) < 4.78 is 22.2. The molecule has 0 unspecified atom stereocenters. The second-order valence-electron chi connectivity index (χ2n) is 11.7. The predicted octanol–water partition coefficient (Wildman–Crippen LogP) is 6.34. The Morgan fingerprint density at radius 3 is 2.51 bits per heavy atom. The molecule has 0 aromatic heterocycles. The number of aliphatic hydroxyl groups is 1. The van der Waals surface area contributed by atoms with Crippen molar-refractivity contribution in [3.8, 4) is 0 Å². The van der Waals surface area contributed by atoms with Crippen molar-refractivity contribution >= 4 is 43.2 Å². The van der Waals surface area contributed by atoms with Gasteiger partial charge in [0.2, 0.25) is 14.3 Å². The molecule has 0 saturated carbocycles. The zero-order valence-corrected chi connectivity index (χ0v) is 24.7. The van der Waals surface area contributed by atoms with Crippen molar-refractivity contribution in [3.05, 3.63) is 58.6 Å². The molecule has 2 aromatic rings. The summed E-state index contributed by atoms with van der Waals surface area (Å²) in [6.45, 7) is 6.09. The van der Waals surface area contributed by atoms with Crippen LogP contribution >= 0.6 is 11.6 Å². The van der Waals surface area contributed by atoms with Crippen molar-refractivity contribution in [2.45, 2.75) is 82.3 Å². The van der Waals surface area contributed by atoms with Crippen LogP contribution in [0.25, 0.3) is 0 Å². The number of rotatable bonds is 6. The van der Waals surface area contributed by atoms with Crippen LogP contribution in [0.5, 0.6) is 0 Å². The van der Waals surface area contributed by atoms with Gasteiger partial charge in [0, 0.05) is 47.3 Å². The third kappa shape index (κ3) is 5.05. The maximum Gasteiger partial charge on any atom is 0.264 e. The lowest BCUT2D eigenvalue weighted by Gasteiger charge is -2.31. The summed E-state index contributed by atoms with van der Waals surface area (Å²) in [5, 5.41) is 10.2. The molecule has 0 radical (unpaired) electrons. The number of amides is 2. The molecule has 2 saturated heterocycles. The van der Waals surface area contributed by atoms with Gasteiger partial charge in [0.1, 0.15) is 0 Å². The Labute approximate surface area is 236 Å². The van der Waals surface area contributed by atoms with Gasteiger partial charge in [-0.1, -0.05) is 43.5 Å². The SMILES string of the molecule is C[C@H]1[C@H]([Si](C)(C)F)[C@@H](CCO)O[C@]12C(=O)N(Cc1ccc(N3CCCCCCC3=O)cc1)c1ccc(Cl)cc12. The first-order valence-corrected chi connectivity index (χ1v) is 17.4. The molecule has 0 bridgehead atoms. The molecule has 0 aliphatic carbocycles. The Morgan fingerprint density at radius 2 is 1.82 bits per heavy atom. The fraction of sp³-hybridized carbons (Fsp3) is 0.533. The third-order valence-electron chi connectivity index (χ3n) is 8.75. The second-order valence-corrected chi connectivity index (χ2v) is 15.9. The standard InChI is InChI=1S/C30H38ClFN2O4Si/c1-20-28(39(2,3)32)26(15-17-35)38-30(20)24-18-22(31)11-14-25(24)34(29(30)37)19-21-9-12-23(13-10-21)33-16-7-5-4-6-8-27(33)36/h9-14,18,20,26,28,35H,4-8,15-17,19H2,1-3H3/t20-,26+,28-,30+/m0/s1. The minimum Gasteiger partial charge on any atom is -0.396 e. The fourth-order valence-electron chi connectivity index (χ4n) is 6.97. The Hall–Kier alpha value is -2.26. The van der Waals surface area contributed by atoms with Gasteiger partial charge in [-0.2, -0.15) is 0 Å². The maximum absolute atomic E-state index is 15.6. The van der Waals surface area contributed by atoms with E-state index in [4.69, 9.17) is 16.3 Å². The summed E-state index contributed by atoms with van der Waals surface area (Å²) in [6, 6.07) is 13.2. The van der Waals surface area contributed by atoms with Crippen LogP contribution in [0.15, 0.2) is 42.5 Å². The number of hydrogen-bond donors (Lipinski definition) is 1. The average Bonchev–Trinajstić information content (AvgIpc) is 3.29. The highest BCUT2D eigenvalue weighted by molar-refractivity contribution is 6.72. The van der Waals surface area contributed by atoms with Crippen LogP contribution in [0.2, 0.25) is 23.7 Å². The first-order valence-electron chi connectivity index (χ1n) is 14.1. The van der Waals surface area contributed by atoms with E-state index in [0.29, 0.717) is 29.2 Å². The lowest BCUT2D eigenvalue weighted by atomic mass is 9.82. The number of hydrogen-bond acceptors (Lipinski definition) is 4. The van der Waals surface area contributed by atoms with Gasteiger partial charge in [0.15, 0.2) is 5.60 Å². The molecule has 6 nitrogen and oxygen atoms in total. The minimum atomic E-state index is -3.25. The number of carbonyl (C=O) groups excluding carboxylic acids is 2. The molecule has 2 fully saturated rings. The second kappa shape index (κ2) is 11.0. The minimum absolute atomic E-state index is 0.138. The van der Waals surface area contributed by atoms with Crippen LogP contribution < -0.4 is 9.80 Å². The van der Waals surface area contributed by atoms with E-state index in [-0.39, 0.29) is 24.8 Å². The molecular formula is C30H38ClFN2O4Si. The zero-order valence-electron chi connectivity index (χ0n) is 23.0. The monoisotopic (exact) mass is 572 g/mol.